The number of rotatable bonds is 20. The Morgan fingerprint density at radius 3 is 2.16 bits per heavy atom. The Hall–Kier alpha value is -6.05. The Morgan fingerprint density at radius 1 is 0.774 bits per heavy atom. The van der Waals surface area contributed by atoms with E-state index >= 15 is 0 Å². The lowest BCUT2D eigenvalue weighted by atomic mass is 9.86. The van der Waals surface area contributed by atoms with E-state index in [4.69, 9.17) is 13.9 Å². The van der Waals surface area contributed by atoms with Crippen LogP contribution < -0.4 is 25.7 Å². The van der Waals surface area contributed by atoms with Crippen molar-refractivity contribution < 1.29 is 33.7 Å². The summed E-state index contributed by atoms with van der Waals surface area (Å²) in [5, 5.41) is 28.5. The van der Waals surface area contributed by atoms with Crippen molar-refractivity contribution in [2.75, 3.05) is 25.0 Å². The number of unbranched alkanes of at least 4 members (excludes halogenated alkanes) is 2. The van der Waals surface area contributed by atoms with Crippen molar-refractivity contribution in [1.82, 2.24) is 10.3 Å². The molecule has 0 saturated heterocycles. The summed E-state index contributed by atoms with van der Waals surface area (Å²) in [6.45, 7) is 13.5. The van der Waals surface area contributed by atoms with Crippen LogP contribution in [0.4, 0.5) is 5.69 Å². The minimum atomic E-state index is -2.28. The van der Waals surface area contributed by atoms with Gasteiger partial charge in [-0.1, -0.05) is 99.6 Å². The normalized spacial score (nSPS) is 13.3. The second-order valence-electron chi connectivity index (χ2n) is 17.0. The van der Waals surface area contributed by atoms with Gasteiger partial charge in [-0.05, 0) is 109 Å². The first-order valence-electron chi connectivity index (χ1n) is 21.0. The molecular formula is C50H57N3O8Si. The molecule has 1 amide bonds. The number of nitrogens with one attached hydrogen (secondary N) is 3. The number of hydrogen-bond donors (Lipinski definition) is 5. The van der Waals surface area contributed by atoms with Gasteiger partial charge in [-0.2, -0.15) is 0 Å². The molecule has 11 nitrogen and oxygen atoms in total. The SMILES string of the molecule is CC(C)(C)[Si](C)(C)O[C@@H](CNCCCCCOc1ccc(C(=O)Nc2cccc(C(O)(C(=O)O)c3ccccc3)c2)cc1)c1ccc(OCc2ccccc2)c2[nH]c(=O)ccc12. The molecule has 62 heavy (non-hydrogen) atoms. The largest absolute Gasteiger partial charge is 0.494 e. The van der Waals surface area contributed by atoms with E-state index in [9.17, 15) is 24.6 Å². The van der Waals surface area contributed by atoms with Crippen LogP contribution in [0.3, 0.4) is 0 Å². The molecule has 0 aliphatic rings. The number of aromatic amines is 1. The molecule has 2 atom stereocenters. The van der Waals surface area contributed by atoms with Gasteiger partial charge in [0.15, 0.2) is 8.32 Å². The Morgan fingerprint density at radius 2 is 1.47 bits per heavy atom. The van der Waals surface area contributed by atoms with Crippen molar-refractivity contribution in [3.63, 3.8) is 0 Å². The third kappa shape index (κ3) is 11.2. The summed E-state index contributed by atoms with van der Waals surface area (Å²) in [7, 11) is -2.20. The number of ether oxygens (including phenoxy) is 2. The highest BCUT2D eigenvalue weighted by molar-refractivity contribution is 6.74. The van der Waals surface area contributed by atoms with Crippen LogP contribution in [0.25, 0.3) is 10.9 Å². The average molecular weight is 856 g/mol. The minimum Gasteiger partial charge on any atom is -0.494 e. The standard InChI is InChI=1S/C50H57N3O8Si/c1-49(2,3)62(4,5)61-44(41-26-28-43(46-42(41)27-29-45(54)53-46)60-34-35-16-9-6-10-17-35)33-51-30-13-8-14-31-59-40-24-22-36(23-25-40)47(55)52-39-21-15-20-38(32-39)50(58,48(56)57)37-18-11-7-12-19-37/h6-7,9-12,15-29,32,44,51,58H,8,13-14,30-31,33-34H2,1-5H3,(H,52,55)(H,53,54)(H,56,57)/t44-,50?/m0/s1. The van der Waals surface area contributed by atoms with Gasteiger partial charge in [-0.25, -0.2) is 4.79 Å². The Labute approximate surface area is 364 Å². The van der Waals surface area contributed by atoms with Gasteiger partial charge in [0.25, 0.3) is 5.91 Å². The summed E-state index contributed by atoms with van der Waals surface area (Å²) in [5.41, 5.74) is 1.29. The fraction of sp³-hybridized carbons (Fsp3) is 0.300. The number of pyridine rings is 1. The molecular weight excluding hydrogens is 799 g/mol. The quantitative estimate of drug-likeness (QED) is 0.0372. The molecule has 5 aromatic carbocycles. The number of carboxylic acid groups (broad SMARTS) is 1. The maximum Gasteiger partial charge on any atom is 0.345 e. The van der Waals surface area contributed by atoms with Gasteiger partial charge in [0.05, 0.1) is 18.2 Å². The highest BCUT2D eigenvalue weighted by Crippen LogP contribution is 2.41. The first-order valence-corrected chi connectivity index (χ1v) is 23.9. The van der Waals surface area contributed by atoms with Gasteiger partial charge in [0.1, 0.15) is 18.1 Å². The number of benzene rings is 5. The third-order valence-electron chi connectivity index (χ3n) is 11.5. The number of aliphatic hydroxyl groups is 1. The molecule has 5 N–H and O–H groups in total. The van der Waals surface area contributed by atoms with Crippen molar-refractivity contribution in [1.29, 1.82) is 0 Å². The van der Waals surface area contributed by atoms with Crippen molar-refractivity contribution in [3.05, 3.63) is 172 Å². The number of carbonyl (C=O) groups excluding carboxylic acids is 1. The van der Waals surface area contributed by atoms with Crippen LogP contribution in [0.15, 0.2) is 138 Å². The average Bonchev–Trinajstić information content (AvgIpc) is 3.26. The van der Waals surface area contributed by atoms with Gasteiger partial charge < -0.3 is 39.7 Å². The van der Waals surface area contributed by atoms with Crippen LogP contribution in [0.5, 0.6) is 11.5 Å². The monoisotopic (exact) mass is 855 g/mol. The van der Waals surface area contributed by atoms with E-state index in [2.05, 4.69) is 55.5 Å². The van der Waals surface area contributed by atoms with Crippen LogP contribution in [-0.2, 0) is 21.4 Å². The third-order valence-corrected chi connectivity index (χ3v) is 16.0. The molecule has 0 saturated carbocycles. The number of amides is 1. The number of H-pyrrole nitrogens is 1. The van der Waals surface area contributed by atoms with Crippen LogP contribution in [0, 0.1) is 0 Å². The fourth-order valence-electron chi connectivity index (χ4n) is 6.90. The number of aliphatic carboxylic acids is 1. The first kappa shape index (κ1) is 45.5. The smallest absolute Gasteiger partial charge is 0.345 e. The van der Waals surface area contributed by atoms with E-state index in [1.807, 2.05) is 42.5 Å². The zero-order chi connectivity index (χ0) is 44.3. The van der Waals surface area contributed by atoms with Gasteiger partial charge in [0, 0.05) is 34.8 Å². The van der Waals surface area contributed by atoms with Crippen LogP contribution >= 0.6 is 0 Å². The van der Waals surface area contributed by atoms with E-state index in [0.29, 0.717) is 48.0 Å². The number of aromatic nitrogens is 1. The zero-order valence-electron chi connectivity index (χ0n) is 36.1. The lowest BCUT2D eigenvalue weighted by molar-refractivity contribution is -0.155. The van der Waals surface area contributed by atoms with Crippen LogP contribution in [0.1, 0.15) is 78.7 Å². The summed E-state index contributed by atoms with van der Waals surface area (Å²) in [6, 6.07) is 38.5. The molecule has 1 heterocycles. The molecule has 12 heteroatoms. The van der Waals surface area contributed by atoms with Crippen molar-refractivity contribution in [2.45, 2.75) is 76.5 Å². The van der Waals surface area contributed by atoms with Crippen LogP contribution in [-0.4, -0.2) is 55.1 Å². The lowest BCUT2D eigenvalue weighted by Gasteiger charge is -2.39. The predicted molar refractivity (Wildman–Crippen MR) is 246 cm³/mol. The second-order valence-corrected chi connectivity index (χ2v) is 21.7. The predicted octanol–water partition coefficient (Wildman–Crippen LogP) is 9.58. The molecule has 1 unspecified atom stereocenters. The molecule has 0 radical (unpaired) electrons. The molecule has 6 aromatic rings. The molecule has 324 valence electrons. The summed E-state index contributed by atoms with van der Waals surface area (Å²) in [6.07, 6.45) is 2.48. The zero-order valence-corrected chi connectivity index (χ0v) is 37.1. The Kier molecular flexibility index (Phi) is 14.8. The number of anilines is 1. The molecule has 0 aliphatic heterocycles. The maximum atomic E-state index is 13.1. The minimum absolute atomic E-state index is 0.00338. The molecule has 6 rings (SSSR count). The highest BCUT2D eigenvalue weighted by atomic mass is 28.4. The summed E-state index contributed by atoms with van der Waals surface area (Å²) in [4.78, 5) is 40.9. The van der Waals surface area contributed by atoms with Gasteiger partial charge in [-0.15, -0.1) is 0 Å². The van der Waals surface area contributed by atoms with E-state index in [-0.39, 0.29) is 33.7 Å². The molecule has 1 aromatic heterocycles. The van der Waals surface area contributed by atoms with Crippen molar-refractivity contribution >= 4 is 36.8 Å². The van der Waals surface area contributed by atoms with E-state index in [1.54, 1.807) is 72.8 Å². The highest BCUT2D eigenvalue weighted by Gasteiger charge is 2.41. The molecule has 0 fully saturated rings. The topological polar surface area (TPSA) is 159 Å². The maximum absolute atomic E-state index is 13.1. The Balaban J connectivity index is 0.997. The van der Waals surface area contributed by atoms with Crippen molar-refractivity contribution in [2.24, 2.45) is 0 Å². The number of carbonyl (C=O) groups is 2. The van der Waals surface area contributed by atoms with Gasteiger partial charge in [0.2, 0.25) is 11.2 Å². The Bertz CT molecular complexity index is 2490. The van der Waals surface area contributed by atoms with E-state index < -0.39 is 19.9 Å². The van der Waals surface area contributed by atoms with E-state index in [1.165, 1.54) is 12.1 Å². The van der Waals surface area contributed by atoms with E-state index in [0.717, 1.165) is 42.3 Å². The molecule has 0 spiro atoms. The second kappa shape index (κ2) is 20.2. The summed E-state index contributed by atoms with van der Waals surface area (Å²) >= 11 is 0. The first-order chi connectivity index (χ1) is 29.7. The molecule has 0 bridgehead atoms. The molecule has 0 aliphatic carbocycles. The van der Waals surface area contributed by atoms with Crippen molar-refractivity contribution in [3.8, 4) is 11.5 Å². The number of carboxylic acids is 1. The number of fused-ring (bicyclic) bond motifs is 1. The van der Waals surface area contributed by atoms with Crippen LogP contribution in [0.2, 0.25) is 18.1 Å². The fourth-order valence-corrected chi connectivity index (χ4v) is 8.18. The number of hydrogen-bond acceptors (Lipinski definition) is 8. The summed E-state index contributed by atoms with van der Waals surface area (Å²) < 4.78 is 19.3. The van der Waals surface area contributed by atoms with Gasteiger partial charge >= 0.3 is 5.97 Å². The lowest BCUT2D eigenvalue weighted by Crippen LogP contribution is -2.43. The summed E-state index contributed by atoms with van der Waals surface area (Å²) in [5.74, 6) is -0.545. The van der Waals surface area contributed by atoms with Gasteiger partial charge in [-0.3, -0.25) is 9.59 Å².